The van der Waals surface area contributed by atoms with E-state index in [1.807, 2.05) is 0 Å². The molecule has 0 aliphatic carbocycles. The second-order valence-electron chi connectivity index (χ2n) is 5.09. The van der Waals surface area contributed by atoms with Crippen LogP contribution in [0.3, 0.4) is 0 Å². The molecular weight excluding hydrogens is 210 g/mol. The summed E-state index contributed by atoms with van der Waals surface area (Å²) in [7, 11) is 0. The Morgan fingerprint density at radius 2 is 2.18 bits per heavy atom. The fourth-order valence-corrected chi connectivity index (χ4v) is 2.33. The summed E-state index contributed by atoms with van der Waals surface area (Å²) in [6.45, 7) is 7.01. The lowest BCUT2D eigenvalue weighted by Gasteiger charge is -2.23. The molecule has 0 saturated carbocycles. The van der Waals surface area contributed by atoms with Gasteiger partial charge in [0.1, 0.15) is 0 Å². The van der Waals surface area contributed by atoms with E-state index >= 15 is 0 Å². The molecule has 2 rings (SSSR count). The van der Waals surface area contributed by atoms with Crippen molar-refractivity contribution < 1.29 is 4.74 Å². The van der Waals surface area contributed by atoms with Crippen LogP contribution in [-0.4, -0.2) is 19.2 Å². The average molecular weight is 233 g/mol. The van der Waals surface area contributed by atoms with Gasteiger partial charge >= 0.3 is 0 Å². The SMILES string of the molecule is Cc1ccc(C)c(COCC2CCCCN2)c1. The van der Waals surface area contributed by atoms with Gasteiger partial charge < -0.3 is 10.1 Å². The van der Waals surface area contributed by atoms with Crippen LogP contribution >= 0.6 is 0 Å². The fourth-order valence-electron chi connectivity index (χ4n) is 2.33. The van der Waals surface area contributed by atoms with Crippen LogP contribution in [0.15, 0.2) is 18.2 Å². The van der Waals surface area contributed by atoms with E-state index in [4.69, 9.17) is 4.74 Å². The van der Waals surface area contributed by atoms with E-state index in [0.717, 1.165) is 19.8 Å². The molecule has 1 N–H and O–H groups in total. The largest absolute Gasteiger partial charge is 0.375 e. The summed E-state index contributed by atoms with van der Waals surface area (Å²) >= 11 is 0. The summed E-state index contributed by atoms with van der Waals surface area (Å²) in [5, 5.41) is 3.51. The lowest BCUT2D eigenvalue weighted by molar-refractivity contribution is 0.0908. The van der Waals surface area contributed by atoms with E-state index in [1.54, 1.807) is 0 Å². The van der Waals surface area contributed by atoms with Crippen LogP contribution in [0.25, 0.3) is 0 Å². The Morgan fingerprint density at radius 3 is 2.94 bits per heavy atom. The van der Waals surface area contributed by atoms with E-state index in [9.17, 15) is 0 Å². The first-order valence-corrected chi connectivity index (χ1v) is 6.63. The van der Waals surface area contributed by atoms with Crippen molar-refractivity contribution in [2.75, 3.05) is 13.2 Å². The predicted octanol–water partition coefficient (Wildman–Crippen LogP) is 2.96. The Kier molecular flexibility index (Phi) is 4.57. The first-order valence-electron chi connectivity index (χ1n) is 6.63. The highest BCUT2D eigenvalue weighted by Gasteiger charge is 2.12. The molecule has 1 aliphatic rings. The summed E-state index contributed by atoms with van der Waals surface area (Å²) in [6, 6.07) is 7.12. The molecule has 94 valence electrons. The third-order valence-electron chi connectivity index (χ3n) is 3.49. The van der Waals surface area contributed by atoms with Gasteiger partial charge in [0, 0.05) is 6.04 Å². The van der Waals surface area contributed by atoms with Gasteiger partial charge in [0.2, 0.25) is 0 Å². The van der Waals surface area contributed by atoms with Crippen LogP contribution in [0.5, 0.6) is 0 Å². The highest BCUT2D eigenvalue weighted by Crippen LogP contribution is 2.13. The van der Waals surface area contributed by atoms with Gasteiger partial charge in [0.15, 0.2) is 0 Å². The molecule has 1 aromatic carbocycles. The van der Waals surface area contributed by atoms with Crippen molar-refractivity contribution in [3.63, 3.8) is 0 Å². The zero-order valence-electron chi connectivity index (χ0n) is 11.0. The van der Waals surface area contributed by atoms with E-state index in [0.29, 0.717) is 6.04 Å². The van der Waals surface area contributed by atoms with Crippen molar-refractivity contribution in [3.8, 4) is 0 Å². The van der Waals surface area contributed by atoms with Crippen LogP contribution < -0.4 is 5.32 Å². The zero-order chi connectivity index (χ0) is 12.1. The average Bonchev–Trinajstić information content (AvgIpc) is 2.35. The highest BCUT2D eigenvalue weighted by molar-refractivity contribution is 5.29. The van der Waals surface area contributed by atoms with Crippen molar-refractivity contribution in [3.05, 3.63) is 34.9 Å². The molecule has 1 saturated heterocycles. The molecule has 1 fully saturated rings. The number of hydrogen-bond donors (Lipinski definition) is 1. The van der Waals surface area contributed by atoms with Crippen LogP contribution in [0.1, 0.15) is 36.0 Å². The van der Waals surface area contributed by atoms with Crippen LogP contribution in [0.2, 0.25) is 0 Å². The van der Waals surface area contributed by atoms with Crippen molar-refractivity contribution >= 4 is 0 Å². The number of benzene rings is 1. The molecule has 1 atom stereocenters. The van der Waals surface area contributed by atoms with Crippen molar-refractivity contribution in [2.45, 2.75) is 45.8 Å². The maximum Gasteiger partial charge on any atom is 0.0720 e. The van der Waals surface area contributed by atoms with E-state index in [2.05, 4.69) is 37.4 Å². The standard InChI is InChI=1S/C15H23NO/c1-12-6-7-13(2)14(9-12)10-17-11-15-5-3-4-8-16-15/h6-7,9,15-16H,3-5,8,10-11H2,1-2H3. The molecule has 0 amide bonds. The van der Waals surface area contributed by atoms with Gasteiger partial charge in [0.25, 0.3) is 0 Å². The summed E-state index contributed by atoms with van der Waals surface area (Å²) in [5.41, 5.74) is 3.96. The molecule has 17 heavy (non-hydrogen) atoms. The van der Waals surface area contributed by atoms with Crippen molar-refractivity contribution in [2.24, 2.45) is 0 Å². The van der Waals surface area contributed by atoms with E-state index in [-0.39, 0.29) is 0 Å². The van der Waals surface area contributed by atoms with E-state index in [1.165, 1.54) is 36.0 Å². The maximum absolute atomic E-state index is 5.83. The minimum absolute atomic E-state index is 0.564. The molecule has 1 unspecified atom stereocenters. The molecule has 2 nitrogen and oxygen atoms in total. The van der Waals surface area contributed by atoms with Gasteiger partial charge in [-0.25, -0.2) is 0 Å². The Hall–Kier alpha value is -0.860. The number of piperidine rings is 1. The molecule has 0 radical (unpaired) electrons. The first kappa shape index (κ1) is 12.6. The topological polar surface area (TPSA) is 21.3 Å². The molecule has 0 spiro atoms. The molecule has 0 aromatic heterocycles. The number of aryl methyl sites for hydroxylation is 2. The second kappa shape index (κ2) is 6.18. The Bertz CT molecular complexity index is 356. The third-order valence-corrected chi connectivity index (χ3v) is 3.49. The summed E-state index contributed by atoms with van der Waals surface area (Å²) < 4.78 is 5.83. The van der Waals surface area contributed by atoms with Crippen molar-refractivity contribution in [1.82, 2.24) is 5.32 Å². The molecule has 1 aromatic rings. The minimum atomic E-state index is 0.564. The number of ether oxygens (including phenoxy) is 1. The van der Waals surface area contributed by atoms with Gasteiger partial charge in [-0.3, -0.25) is 0 Å². The fraction of sp³-hybridized carbons (Fsp3) is 0.600. The quantitative estimate of drug-likeness (QED) is 0.863. The normalized spacial score (nSPS) is 20.5. The van der Waals surface area contributed by atoms with Gasteiger partial charge in [-0.15, -0.1) is 0 Å². The Morgan fingerprint density at radius 1 is 1.29 bits per heavy atom. The van der Waals surface area contributed by atoms with Crippen LogP contribution in [-0.2, 0) is 11.3 Å². The second-order valence-corrected chi connectivity index (χ2v) is 5.09. The Balaban J connectivity index is 1.79. The lowest BCUT2D eigenvalue weighted by atomic mass is 10.1. The predicted molar refractivity (Wildman–Crippen MR) is 71.2 cm³/mol. The number of rotatable bonds is 4. The first-order chi connectivity index (χ1) is 8.25. The summed E-state index contributed by atoms with van der Waals surface area (Å²) in [6.07, 6.45) is 3.91. The maximum atomic E-state index is 5.83. The highest BCUT2D eigenvalue weighted by atomic mass is 16.5. The molecular formula is C15H23NO. The van der Waals surface area contributed by atoms with Gasteiger partial charge in [-0.1, -0.05) is 30.2 Å². The summed E-state index contributed by atoms with van der Waals surface area (Å²) in [4.78, 5) is 0. The zero-order valence-corrected chi connectivity index (χ0v) is 11.0. The summed E-state index contributed by atoms with van der Waals surface area (Å²) in [5.74, 6) is 0. The van der Waals surface area contributed by atoms with Crippen molar-refractivity contribution in [1.29, 1.82) is 0 Å². The Labute approximate surface area is 104 Å². The van der Waals surface area contributed by atoms with Crippen LogP contribution in [0.4, 0.5) is 0 Å². The van der Waals surface area contributed by atoms with Gasteiger partial charge in [-0.2, -0.15) is 0 Å². The minimum Gasteiger partial charge on any atom is -0.375 e. The molecule has 1 heterocycles. The number of nitrogens with one attached hydrogen (secondary N) is 1. The number of hydrogen-bond acceptors (Lipinski definition) is 2. The van der Waals surface area contributed by atoms with E-state index < -0.39 is 0 Å². The lowest BCUT2D eigenvalue weighted by Crippen LogP contribution is -2.37. The smallest absolute Gasteiger partial charge is 0.0720 e. The van der Waals surface area contributed by atoms with Gasteiger partial charge in [0.05, 0.1) is 13.2 Å². The molecule has 0 bridgehead atoms. The molecule has 1 aliphatic heterocycles. The molecule has 2 heteroatoms. The van der Waals surface area contributed by atoms with Gasteiger partial charge in [-0.05, 0) is 44.4 Å². The third kappa shape index (κ3) is 3.83. The van der Waals surface area contributed by atoms with Crippen LogP contribution in [0, 0.1) is 13.8 Å². The monoisotopic (exact) mass is 233 g/mol.